The molecule has 0 spiro atoms. The summed E-state index contributed by atoms with van der Waals surface area (Å²) in [6, 6.07) is 14.6. The van der Waals surface area contributed by atoms with E-state index < -0.39 is 0 Å². The summed E-state index contributed by atoms with van der Waals surface area (Å²) in [5.41, 5.74) is 3.81. The minimum absolute atomic E-state index is 0.883. The van der Waals surface area contributed by atoms with E-state index in [9.17, 15) is 0 Å². The molecule has 100 valence electrons. The van der Waals surface area contributed by atoms with Gasteiger partial charge in [-0.2, -0.15) is 0 Å². The second-order valence-corrected chi connectivity index (χ2v) is 5.73. The van der Waals surface area contributed by atoms with Crippen molar-refractivity contribution in [1.29, 1.82) is 0 Å². The number of benzene rings is 2. The van der Waals surface area contributed by atoms with Gasteiger partial charge in [-0.1, -0.05) is 6.07 Å². The first-order valence-corrected chi connectivity index (χ1v) is 7.00. The highest BCUT2D eigenvalue weighted by atomic mass is 32.2. The van der Waals surface area contributed by atoms with Gasteiger partial charge in [-0.05, 0) is 73.3 Å². The summed E-state index contributed by atoms with van der Waals surface area (Å²) >= 11 is 1.73. The van der Waals surface area contributed by atoms with Crippen molar-refractivity contribution < 1.29 is 4.74 Å². The number of rotatable bonds is 4. The van der Waals surface area contributed by atoms with Gasteiger partial charge < -0.3 is 9.04 Å². The molecule has 0 atom stereocenters. The lowest BCUT2D eigenvalue weighted by Crippen LogP contribution is -2.05. The average Bonchev–Trinajstić information content (AvgIpc) is 2.43. The van der Waals surface area contributed by atoms with Crippen molar-refractivity contribution in [2.75, 3.05) is 18.5 Å². The lowest BCUT2D eigenvalue weighted by atomic mass is 10.1. The molecular formula is C16H19NOS. The maximum atomic E-state index is 5.17. The van der Waals surface area contributed by atoms with Gasteiger partial charge in [0.2, 0.25) is 0 Å². The van der Waals surface area contributed by atoms with Gasteiger partial charge in [0.05, 0.1) is 7.11 Å². The molecule has 0 radical (unpaired) electrons. The fourth-order valence-electron chi connectivity index (χ4n) is 1.77. The standard InChI is InChI=1S/C16H19NOS/c1-12-5-10-16(11-13(12)2)19-17(3)14-6-8-15(18-4)9-7-14/h5-11H,1-4H3. The molecule has 0 amide bonds. The fourth-order valence-corrected chi connectivity index (χ4v) is 2.68. The Morgan fingerprint density at radius 1 is 0.947 bits per heavy atom. The zero-order chi connectivity index (χ0) is 13.8. The Kier molecular flexibility index (Phi) is 4.38. The normalized spacial score (nSPS) is 10.3. The van der Waals surface area contributed by atoms with Gasteiger partial charge in [0.1, 0.15) is 5.75 Å². The molecule has 0 saturated heterocycles. The van der Waals surface area contributed by atoms with E-state index in [-0.39, 0.29) is 0 Å². The summed E-state index contributed by atoms with van der Waals surface area (Å²) < 4.78 is 7.33. The van der Waals surface area contributed by atoms with Crippen LogP contribution in [0.15, 0.2) is 47.4 Å². The van der Waals surface area contributed by atoms with Gasteiger partial charge in [0.15, 0.2) is 0 Å². The third-order valence-corrected chi connectivity index (χ3v) is 4.11. The van der Waals surface area contributed by atoms with E-state index in [1.165, 1.54) is 16.0 Å². The number of nitrogens with zero attached hydrogens (tertiary/aromatic N) is 1. The third kappa shape index (κ3) is 3.44. The van der Waals surface area contributed by atoms with Crippen molar-refractivity contribution in [3.63, 3.8) is 0 Å². The van der Waals surface area contributed by atoms with E-state index in [0.29, 0.717) is 0 Å². The molecule has 2 nitrogen and oxygen atoms in total. The van der Waals surface area contributed by atoms with Crippen LogP contribution in [0.5, 0.6) is 5.75 Å². The third-order valence-electron chi connectivity index (χ3n) is 3.16. The Balaban J connectivity index is 2.10. The van der Waals surface area contributed by atoms with Gasteiger partial charge in [-0.3, -0.25) is 0 Å². The number of anilines is 1. The van der Waals surface area contributed by atoms with Crippen molar-refractivity contribution in [2.45, 2.75) is 18.7 Å². The summed E-state index contributed by atoms with van der Waals surface area (Å²) in [5, 5.41) is 0. The van der Waals surface area contributed by atoms with Crippen LogP contribution in [-0.4, -0.2) is 14.2 Å². The Labute approximate surface area is 119 Å². The Bertz CT molecular complexity index is 551. The topological polar surface area (TPSA) is 12.5 Å². The minimum Gasteiger partial charge on any atom is -0.497 e. The van der Waals surface area contributed by atoms with Crippen molar-refractivity contribution in [1.82, 2.24) is 0 Å². The summed E-state index contributed by atoms with van der Waals surface area (Å²) in [6.07, 6.45) is 0. The zero-order valence-corrected chi connectivity index (χ0v) is 12.6. The first-order chi connectivity index (χ1) is 9.10. The molecule has 0 aliphatic carbocycles. The summed E-state index contributed by atoms with van der Waals surface area (Å²) in [5.74, 6) is 0.883. The maximum Gasteiger partial charge on any atom is 0.119 e. The van der Waals surface area contributed by atoms with Crippen molar-refractivity contribution in [2.24, 2.45) is 0 Å². The minimum atomic E-state index is 0.883. The van der Waals surface area contributed by atoms with E-state index >= 15 is 0 Å². The number of hydrogen-bond donors (Lipinski definition) is 0. The van der Waals surface area contributed by atoms with Crippen LogP contribution in [0.2, 0.25) is 0 Å². The molecule has 3 heteroatoms. The van der Waals surface area contributed by atoms with E-state index in [1.54, 1.807) is 19.1 Å². The zero-order valence-electron chi connectivity index (χ0n) is 11.8. The summed E-state index contributed by atoms with van der Waals surface area (Å²) in [6.45, 7) is 4.28. The number of ether oxygens (including phenoxy) is 1. The highest BCUT2D eigenvalue weighted by Gasteiger charge is 2.04. The second kappa shape index (κ2) is 6.02. The Hall–Kier alpha value is -1.61. The molecule has 0 aromatic heterocycles. The van der Waals surface area contributed by atoms with E-state index in [1.807, 2.05) is 12.1 Å². The maximum absolute atomic E-state index is 5.17. The van der Waals surface area contributed by atoms with Crippen molar-refractivity contribution >= 4 is 17.6 Å². The van der Waals surface area contributed by atoms with Gasteiger partial charge in [-0.25, -0.2) is 0 Å². The number of hydrogen-bond acceptors (Lipinski definition) is 3. The molecule has 0 bridgehead atoms. The average molecular weight is 273 g/mol. The van der Waals surface area contributed by atoms with Gasteiger partial charge in [-0.15, -0.1) is 0 Å². The summed E-state index contributed by atoms with van der Waals surface area (Å²) in [4.78, 5) is 1.25. The Morgan fingerprint density at radius 2 is 1.63 bits per heavy atom. The first-order valence-electron chi connectivity index (χ1n) is 6.23. The van der Waals surface area contributed by atoms with Crippen LogP contribution in [0, 0.1) is 13.8 Å². The fraction of sp³-hybridized carbons (Fsp3) is 0.250. The van der Waals surface area contributed by atoms with E-state index in [4.69, 9.17) is 4.74 Å². The SMILES string of the molecule is COc1ccc(N(C)Sc2ccc(C)c(C)c2)cc1. The molecule has 0 N–H and O–H groups in total. The molecule has 2 aromatic carbocycles. The predicted octanol–water partition coefficient (Wildman–Crippen LogP) is 4.46. The molecule has 0 aliphatic heterocycles. The van der Waals surface area contributed by atoms with Gasteiger partial charge >= 0.3 is 0 Å². The first kappa shape index (κ1) is 13.8. The highest BCUT2D eigenvalue weighted by Crippen LogP contribution is 2.29. The molecule has 19 heavy (non-hydrogen) atoms. The second-order valence-electron chi connectivity index (χ2n) is 4.53. The molecule has 2 aromatic rings. The highest BCUT2D eigenvalue weighted by molar-refractivity contribution is 8.00. The van der Waals surface area contributed by atoms with Crippen LogP contribution in [0.4, 0.5) is 5.69 Å². The molecule has 0 heterocycles. The van der Waals surface area contributed by atoms with Crippen LogP contribution in [0.3, 0.4) is 0 Å². The number of aryl methyl sites for hydroxylation is 2. The van der Waals surface area contributed by atoms with Gasteiger partial charge in [0.25, 0.3) is 0 Å². The molecule has 0 unspecified atom stereocenters. The molecule has 0 saturated carbocycles. The lowest BCUT2D eigenvalue weighted by molar-refractivity contribution is 0.415. The van der Waals surface area contributed by atoms with Crippen LogP contribution >= 0.6 is 11.9 Å². The molecule has 0 fully saturated rings. The molecular weight excluding hydrogens is 254 g/mol. The van der Waals surface area contributed by atoms with Crippen LogP contribution in [0.25, 0.3) is 0 Å². The van der Waals surface area contributed by atoms with Crippen molar-refractivity contribution in [3.8, 4) is 5.75 Å². The smallest absolute Gasteiger partial charge is 0.119 e. The summed E-state index contributed by atoms with van der Waals surface area (Å²) in [7, 11) is 3.75. The molecule has 2 rings (SSSR count). The van der Waals surface area contributed by atoms with Gasteiger partial charge in [0, 0.05) is 17.6 Å². The number of methoxy groups -OCH3 is 1. The van der Waals surface area contributed by atoms with Crippen molar-refractivity contribution in [3.05, 3.63) is 53.6 Å². The largest absolute Gasteiger partial charge is 0.497 e. The monoisotopic (exact) mass is 273 g/mol. The van der Waals surface area contributed by atoms with E-state index in [2.05, 4.69) is 55.5 Å². The van der Waals surface area contributed by atoms with E-state index in [0.717, 1.165) is 11.4 Å². The Morgan fingerprint density at radius 3 is 2.21 bits per heavy atom. The lowest BCUT2D eigenvalue weighted by Gasteiger charge is -2.18. The predicted molar refractivity (Wildman–Crippen MR) is 83.2 cm³/mol. The van der Waals surface area contributed by atoms with Crippen LogP contribution in [-0.2, 0) is 0 Å². The quantitative estimate of drug-likeness (QED) is 0.763. The van der Waals surface area contributed by atoms with Crippen LogP contribution < -0.4 is 9.04 Å². The van der Waals surface area contributed by atoms with Crippen LogP contribution in [0.1, 0.15) is 11.1 Å². The molecule has 0 aliphatic rings.